The van der Waals surface area contributed by atoms with Crippen molar-refractivity contribution in [3.63, 3.8) is 0 Å². The van der Waals surface area contributed by atoms with Gasteiger partial charge in [-0.2, -0.15) is 0 Å². The highest BCUT2D eigenvalue weighted by molar-refractivity contribution is 5.94. The number of aryl methyl sites for hydroxylation is 1. The Morgan fingerprint density at radius 1 is 1.19 bits per heavy atom. The van der Waals surface area contributed by atoms with Gasteiger partial charge in [-0.3, -0.25) is 4.79 Å². The lowest BCUT2D eigenvalue weighted by Gasteiger charge is -2.18. The van der Waals surface area contributed by atoms with Crippen molar-refractivity contribution in [1.29, 1.82) is 0 Å². The molecule has 1 atom stereocenters. The zero-order valence-corrected chi connectivity index (χ0v) is 12.1. The van der Waals surface area contributed by atoms with Gasteiger partial charge in [-0.1, -0.05) is 37.3 Å². The van der Waals surface area contributed by atoms with Crippen molar-refractivity contribution >= 4 is 11.6 Å². The summed E-state index contributed by atoms with van der Waals surface area (Å²) in [6.07, 6.45) is -0.167. The maximum atomic E-state index is 13.6. The summed E-state index contributed by atoms with van der Waals surface area (Å²) < 4.78 is 19.3. The van der Waals surface area contributed by atoms with Crippen molar-refractivity contribution in [3.05, 3.63) is 59.9 Å². The van der Waals surface area contributed by atoms with E-state index in [4.69, 9.17) is 4.74 Å². The summed E-state index contributed by atoms with van der Waals surface area (Å²) in [4.78, 5) is 12.2. The van der Waals surface area contributed by atoms with E-state index in [-0.39, 0.29) is 11.6 Å². The molecule has 21 heavy (non-hydrogen) atoms. The van der Waals surface area contributed by atoms with Crippen LogP contribution in [0.15, 0.2) is 48.5 Å². The molecule has 0 aliphatic heterocycles. The first-order valence-corrected chi connectivity index (χ1v) is 6.89. The summed E-state index contributed by atoms with van der Waals surface area (Å²) in [7, 11) is 0. The average molecular weight is 287 g/mol. The Labute approximate surface area is 123 Å². The number of halogens is 1. The molecule has 0 bridgehead atoms. The number of nitrogens with one attached hydrogen (secondary N) is 1. The molecule has 0 saturated carbocycles. The van der Waals surface area contributed by atoms with Crippen LogP contribution in [-0.2, 0) is 4.79 Å². The maximum Gasteiger partial charge on any atom is 0.265 e. The molecule has 2 aromatic rings. The SMILES string of the molecule is CCC(Oc1ccccc1C)C(=O)Nc1ccccc1F. The predicted octanol–water partition coefficient (Wildman–Crippen LogP) is 3.93. The van der Waals surface area contributed by atoms with Crippen LogP contribution in [0, 0.1) is 12.7 Å². The number of ether oxygens (including phenoxy) is 1. The first kappa shape index (κ1) is 15.0. The number of benzene rings is 2. The van der Waals surface area contributed by atoms with Gasteiger partial charge in [0.25, 0.3) is 5.91 Å². The molecule has 1 amide bonds. The Hall–Kier alpha value is -2.36. The molecule has 110 valence electrons. The minimum absolute atomic E-state index is 0.161. The molecule has 1 unspecified atom stereocenters. The largest absolute Gasteiger partial charge is 0.480 e. The minimum Gasteiger partial charge on any atom is -0.480 e. The highest BCUT2D eigenvalue weighted by Gasteiger charge is 2.20. The van der Waals surface area contributed by atoms with Gasteiger partial charge in [0.1, 0.15) is 11.6 Å². The van der Waals surface area contributed by atoms with Crippen LogP contribution in [0.25, 0.3) is 0 Å². The minimum atomic E-state index is -0.661. The van der Waals surface area contributed by atoms with E-state index in [9.17, 15) is 9.18 Å². The third-order valence-corrected chi connectivity index (χ3v) is 3.16. The number of amides is 1. The summed E-state index contributed by atoms with van der Waals surface area (Å²) in [5.74, 6) is -0.157. The molecule has 2 aromatic carbocycles. The number of carbonyl (C=O) groups is 1. The predicted molar refractivity (Wildman–Crippen MR) is 80.9 cm³/mol. The van der Waals surface area contributed by atoms with Crippen molar-refractivity contribution in [3.8, 4) is 5.75 Å². The van der Waals surface area contributed by atoms with Crippen molar-refractivity contribution < 1.29 is 13.9 Å². The third-order valence-electron chi connectivity index (χ3n) is 3.16. The van der Waals surface area contributed by atoms with E-state index in [1.54, 1.807) is 12.1 Å². The first-order valence-electron chi connectivity index (χ1n) is 6.89. The van der Waals surface area contributed by atoms with Crippen LogP contribution in [-0.4, -0.2) is 12.0 Å². The average Bonchev–Trinajstić information content (AvgIpc) is 2.48. The molecule has 0 heterocycles. The van der Waals surface area contributed by atoms with Crippen molar-refractivity contribution in [2.45, 2.75) is 26.4 Å². The fraction of sp³-hybridized carbons (Fsp3) is 0.235. The lowest BCUT2D eigenvalue weighted by molar-refractivity contribution is -0.122. The molecule has 4 heteroatoms. The highest BCUT2D eigenvalue weighted by Crippen LogP contribution is 2.20. The molecule has 0 spiro atoms. The molecule has 1 N–H and O–H groups in total. The molecule has 3 nitrogen and oxygen atoms in total. The Kier molecular flexibility index (Phi) is 4.93. The maximum absolute atomic E-state index is 13.6. The fourth-order valence-electron chi connectivity index (χ4n) is 1.94. The molecular formula is C17H18FNO2. The van der Waals surface area contributed by atoms with Gasteiger partial charge in [0.15, 0.2) is 6.10 Å². The summed E-state index contributed by atoms with van der Waals surface area (Å²) in [6.45, 7) is 3.76. The Balaban J connectivity index is 2.09. The number of rotatable bonds is 5. The van der Waals surface area contributed by atoms with Crippen LogP contribution in [0.1, 0.15) is 18.9 Å². The molecule has 0 fully saturated rings. The lowest BCUT2D eigenvalue weighted by Crippen LogP contribution is -2.32. The molecule has 0 aliphatic carbocycles. The molecular weight excluding hydrogens is 269 g/mol. The molecule has 0 aromatic heterocycles. The number of para-hydroxylation sites is 2. The van der Waals surface area contributed by atoms with Gasteiger partial charge in [-0.05, 0) is 37.1 Å². The van der Waals surface area contributed by atoms with Gasteiger partial charge in [0.05, 0.1) is 5.69 Å². The topological polar surface area (TPSA) is 38.3 Å². The van der Waals surface area contributed by atoms with E-state index in [1.165, 1.54) is 12.1 Å². The quantitative estimate of drug-likeness (QED) is 0.905. The van der Waals surface area contributed by atoms with Crippen LogP contribution >= 0.6 is 0 Å². The van der Waals surface area contributed by atoms with Gasteiger partial charge in [0, 0.05) is 0 Å². The van der Waals surface area contributed by atoms with Gasteiger partial charge >= 0.3 is 0 Å². The van der Waals surface area contributed by atoms with Crippen LogP contribution in [0.5, 0.6) is 5.75 Å². The zero-order valence-electron chi connectivity index (χ0n) is 12.1. The summed E-state index contributed by atoms with van der Waals surface area (Å²) in [5, 5.41) is 2.56. The Morgan fingerprint density at radius 2 is 1.86 bits per heavy atom. The summed E-state index contributed by atoms with van der Waals surface area (Å²) in [6, 6.07) is 13.6. The van der Waals surface area contributed by atoms with Gasteiger partial charge in [-0.25, -0.2) is 4.39 Å². The second-order valence-electron chi connectivity index (χ2n) is 4.75. The van der Waals surface area contributed by atoms with E-state index < -0.39 is 11.9 Å². The normalized spacial score (nSPS) is 11.8. The zero-order chi connectivity index (χ0) is 15.2. The van der Waals surface area contributed by atoms with E-state index in [0.717, 1.165) is 5.56 Å². The second-order valence-corrected chi connectivity index (χ2v) is 4.75. The van der Waals surface area contributed by atoms with Crippen LogP contribution in [0.3, 0.4) is 0 Å². The van der Waals surface area contributed by atoms with Crippen molar-refractivity contribution in [2.24, 2.45) is 0 Å². The second kappa shape index (κ2) is 6.88. The molecule has 0 radical (unpaired) electrons. The van der Waals surface area contributed by atoms with Crippen molar-refractivity contribution in [1.82, 2.24) is 0 Å². The number of hydrogen-bond acceptors (Lipinski definition) is 2. The molecule has 2 rings (SSSR count). The summed E-state index contributed by atoms with van der Waals surface area (Å²) >= 11 is 0. The van der Waals surface area contributed by atoms with Gasteiger partial charge < -0.3 is 10.1 Å². The highest BCUT2D eigenvalue weighted by atomic mass is 19.1. The van der Waals surface area contributed by atoms with Gasteiger partial charge in [0.2, 0.25) is 0 Å². The Bertz CT molecular complexity index is 628. The summed E-state index contributed by atoms with van der Waals surface area (Å²) in [5.41, 5.74) is 1.11. The molecule has 0 aliphatic rings. The first-order chi connectivity index (χ1) is 10.1. The number of hydrogen-bond donors (Lipinski definition) is 1. The van der Waals surface area contributed by atoms with E-state index in [0.29, 0.717) is 12.2 Å². The monoisotopic (exact) mass is 287 g/mol. The number of anilines is 1. The molecule has 0 saturated heterocycles. The number of carbonyl (C=O) groups excluding carboxylic acids is 1. The fourth-order valence-corrected chi connectivity index (χ4v) is 1.94. The smallest absolute Gasteiger partial charge is 0.265 e. The van der Waals surface area contributed by atoms with E-state index in [1.807, 2.05) is 38.1 Å². The van der Waals surface area contributed by atoms with E-state index >= 15 is 0 Å². The van der Waals surface area contributed by atoms with Crippen LogP contribution in [0.2, 0.25) is 0 Å². The lowest BCUT2D eigenvalue weighted by atomic mass is 10.2. The van der Waals surface area contributed by atoms with Gasteiger partial charge in [-0.15, -0.1) is 0 Å². The van der Waals surface area contributed by atoms with Crippen LogP contribution in [0.4, 0.5) is 10.1 Å². The van der Waals surface area contributed by atoms with Crippen LogP contribution < -0.4 is 10.1 Å². The van der Waals surface area contributed by atoms with E-state index in [2.05, 4.69) is 5.32 Å². The third kappa shape index (κ3) is 3.81. The Morgan fingerprint density at radius 3 is 2.52 bits per heavy atom. The standard InChI is InChI=1S/C17H18FNO2/c1-3-15(21-16-11-7-4-8-12(16)2)17(20)19-14-10-6-5-9-13(14)18/h4-11,15H,3H2,1-2H3,(H,19,20). The van der Waals surface area contributed by atoms with Crippen molar-refractivity contribution in [2.75, 3.05) is 5.32 Å².